The SMILES string of the molecule is CC(C)N(C)c1cc(Cl)ccc1N. The van der Waals surface area contributed by atoms with Gasteiger partial charge in [0.1, 0.15) is 0 Å². The summed E-state index contributed by atoms with van der Waals surface area (Å²) < 4.78 is 0. The topological polar surface area (TPSA) is 29.3 Å². The first-order valence-electron chi connectivity index (χ1n) is 4.30. The number of nitrogens with two attached hydrogens (primary N) is 1. The van der Waals surface area contributed by atoms with Crippen molar-refractivity contribution in [1.82, 2.24) is 0 Å². The van der Waals surface area contributed by atoms with Gasteiger partial charge in [-0.3, -0.25) is 0 Å². The maximum Gasteiger partial charge on any atom is 0.0614 e. The third-order valence-electron chi connectivity index (χ3n) is 2.15. The van der Waals surface area contributed by atoms with Crippen LogP contribution in [0.25, 0.3) is 0 Å². The first-order chi connectivity index (χ1) is 6.02. The van der Waals surface area contributed by atoms with Gasteiger partial charge in [0.2, 0.25) is 0 Å². The monoisotopic (exact) mass is 198 g/mol. The Morgan fingerprint density at radius 3 is 2.54 bits per heavy atom. The molecule has 13 heavy (non-hydrogen) atoms. The van der Waals surface area contributed by atoms with Crippen LogP contribution in [0.1, 0.15) is 13.8 Å². The van der Waals surface area contributed by atoms with Crippen LogP contribution in [0.2, 0.25) is 5.02 Å². The molecule has 0 fully saturated rings. The molecule has 0 amide bonds. The largest absolute Gasteiger partial charge is 0.397 e. The Bertz CT molecular complexity index is 297. The van der Waals surface area contributed by atoms with Gasteiger partial charge in [0.15, 0.2) is 0 Å². The first kappa shape index (κ1) is 10.2. The third-order valence-corrected chi connectivity index (χ3v) is 2.38. The fourth-order valence-electron chi connectivity index (χ4n) is 1.10. The molecule has 0 aliphatic heterocycles. The number of hydrogen-bond donors (Lipinski definition) is 1. The minimum atomic E-state index is 0.417. The Hall–Kier alpha value is -0.890. The highest BCUT2D eigenvalue weighted by Crippen LogP contribution is 2.26. The number of rotatable bonds is 2. The van der Waals surface area contributed by atoms with Crippen molar-refractivity contribution in [3.63, 3.8) is 0 Å². The van der Waals surface area contributed by atoms with Crippen molar-refractivity contribution in [3.05, 3.63) is 23.2 Å². The molecule has 1 aromatic rings. The van der Waals surface area contributed by atoms with Gasteiger partial charge in [-0.25, -0.2) is 0 Å². The molecule has 0 atom stereocenters. The summed E-state index contributed by atoms with van der Waals surface area (Å²) in [5.74, 6) is 0. The smallest absolute Gasteiger partial charge is 0.0614 e. The van der Waals surface area contributed by atoms with Gasteiger partial charge in [0, 0.05) is 18.1 Å². The van der Waals surface area contributed by atoms with E-state index < -0.39 is 0 Å². The normalized spacial score (nSPS) is 10.5. The second-order valence-electron chi connectivity index (χ2n) is 3.41. The quantitative estimate of drug-likeness (QED) is 0.741. The van der Waals surface area contributed by atoms with Crippen LogP contribution >= 0.6 is 11.6 Å². The van der Waals surface area contributed by atoms with Crippen LogP contribution in [0.15, 0.2) is 18.2 Å². The molecule has 0 heterocycles. The summed E-state index contributed by atoms with van der Waals surface area (Å²) in [4.78, 5) is 2.10. The molecule has 3 heteroatoms. The molecule has 0 aromatic heterocycles. The molecule has 0 bridgehead atoms. The van der Waals surface area contributed by atoms with Crippen LogP contribution in [-0.4, -0.2) is 13.1 Å². The molecule has 72 valence electrons. The number of halogens is 1. The summed E-state index contributed by atoms with van der Waals surface area (Å²) in [6, 6.07) is 5.93. The molecule has 0 radical (unpaired) electrons. The molecule has 1 aromatic carbocycles. The fourth-order valence-corrected chi connectivity index (χ4v) is 1.27. The minimum absolute atomic E-state index is 0.417. The number of nitrogens with zero attached hydrogens (tertiary/aromatic N) is 1. The third kappa shape index (κ3) is 2.28. The van der Waals surface area contributed by atoms with E-state index >= 15 is 0 Å². The average molecular weight is 199 g/mol. The Kier molecular flexibility index (Phi) is 3.04. The van der Waals surface area contributed by atoms with E-state index in [2.05, 4.69) is 18.7 Å². The van der Waals surface area contributed by atoms with Gasteiger partial charge < -0.3 is 10.6 Å². The lowest BCUT2D eigenvalue weighted by molar-refractivity contribution is 0.756. The van der Waals surface area contributed by atoms with Crippen molar-refractivity contribution in [2.45, 2.75) is 19.9 Å². The highest BCUT2D eigenvalue weighted by molar-refractivity contribution is 6.31. The van der Waals surface area contributed by atoms with Crippen molar-refractivity contribution < 1.29 is 0 Å². The molecule has 0 saturated heterocycles. The predicted octanol–water partition coefficient (Wildman–Crippen LogP) is 2.77. The standard InChI is InChI=1S/C10H15ClN2/c1-7(2)13(3)10-6-8(11)4-5-9(10)12/h4-7H,12H2,1-3H3. The number of hydrogen-bond acceptors (Lipinski definition) is 2. The van der Waals surface area contributed by atoms with Crippen LogP contribution in [0.5, 0.6) is 0 Å². The van der Waals surface area contributed by atoms with E-state index in [-0.39, 0.29) is 0 Å². The van der Waals surface area contributed by atoms with Crippen molar-refractivity contribution in [3.8, 4) is 0 Å². The van der Waals surface area contributed by atoms with Crippen LogP contribution < -0.4 is 10.6 Å². The summed E-state index contributed by atoms with van der Waals surface area (Å²) in [6.45, 7) is 4.22. The minimum Gasteiger partial charge on any atom is -0.397 e. The van der Waals surface area contributed by atoms with E-state index in [9.17, 15) is 0 Å². The summed E-state index contributed by atoms with van der Waals surface area (Å²) in [6.07, 6.45) is 0. The fraction of sp³-hybridized carbons (Fsp3) is 0.400. The number of anilines is 2. The lowest BCUT2D eigenvalue weighted by Gasteiger charge is -2.25. The molecular formula is C10H15ClN2. The highest BCUT2D eigenvalue weighted by atomic mass is 35.5. The van der Waals surface area contributed by atoms with Gasteiger partial charge in [0.05, 0.1) is 11.4 Å². The van der Waals surface area contributed by atoms with E-state index in [1.54, 1.807) is 6.07 Å². The summed E-state index contributed by atoms with van der Waals surface area (Å²) >= 11 is 5.88. The molecular weight excluding hydrogens is 184 g/mol. The maximum atomic E-state index is 5.88. The molecule has 2 N–H and O–H groups in total. The van der Waals surface area contributed by atoms with Crippen LogP contribution in [-0.2, 0) is 0 Å². The Morgan fingerprint density at radius 2 is 2.00 bits per heavy atom. The van der Waals surface area contributed by atoms with Crippen LogP contribution in [0.4, 0.5) is 11.4 Å². The predicted molar refractivity (Wildman–Crippen MR) is 59.4 cm³/mol. The lowest BCUT2D eigenvalue weighted by atomic mass is 10.2. The van der Waals surface area contributed by atoms with E-state index in [4.69, 9.17) is 17.3 Å². The summed E-state index contributed by atoms with van der Waals surface area (Å²) in [5.41, 5.74) is 7.58. The van der Waals surface area contributed by atoms with Gasteiger partial charge in [-0.15, -0.1) is 0 Å². The molecule has 0 aliphatic rings. The van der Waals surface area contributed by atoms with Crippen LogP contribution in [0, 0.1) is 0 Å². The van der Waals surface area contributed by atoms with Gasteiger partial charge in [-0.1, -0.05) is 11.6 Å². The average Bonchev–Trinajstić information content (AvgIpc) is 2.08. The van der Waals surface area contributed by atoms with Crippen molar-refractivity contribution in [2.24, 2.45) is 0 Å². The molecule has 0 spiro atoms. The van der Waals surface area contributed by atoms with E-state index in [0.29, 0.717) is 6.04 Å². The lowest BCUT2D eigenvalue weighted by Crippen LogP contribution is -2.26. The molecule has 0 aliphatic carbocycles. The molecule has 1 rings (SSSR count). The second-order valence-corrected chi connectivity index (χ2v) is 3.84. The summed E-state index contributed by atoms with van der Waals surface area (Å²) in [7, 11) is 2.01. The number of benzene rings is 1. The van der Waals surface area contributed by atoms with Gasteiger partial charge in [-0.05, 0) is 32.0 Å². The van der Waals surface area contributed by atoms with Crippen molar-refractivity contribution >= 4 is 23.0 Å². The summed E-state index contributed by atoms with van der Waals surface area (Å²) in [5, 5.41) is 0.719. The maximum absolute atomic E-state index is 5.88. The van der Waals surface area contributed by atoms with Gasteiger partial charge in [0.25, 0.3) is 0 Å². The zero-order valence-electron chi connectivity index (χ0n) is 8.21. The van der Waals surface area contributed by atoms with Gasteiger partial charge in [-0.2, -0.15) is 0 Å². The van der Waals surface area contributed by atoms with E-state index in [1.807, 2.05) is 19.2 Å². The molecule has 0 saturated carbocycles. The van der Waals surface area contributed by atoms with Gasteiger partial charge >= 0.3 is 0 Å². The molecule has 2 nitrogen and oxygen atoms in total. The zero-order valence-corrected chi connectivity index (χ0v) is 8.97. The Morgan fingerprint density at radius 1 is 1.38 bits per heavy atom. The Balaban J connectivity index is 3.05. The van der Waals surface area contributed by atoms with E-state index in [1.165, 1.54) is 0 Å². The Labute approximate surface area is 84.3 Å². The van der Waals surface area contributed by atoms with Crippen molar-refractivity contribution in [1.29, 1.82) is 0 Å². The number of nitrogen functional groups attached to an aromatic ring is 1. The zero-order chi connectivity index (χ0) is 10.0. The van der Waals surface area contributed by atoms with Crippen molar-refractivity contribution in [2.75, 3.05) is 17.7 Å². The first-order valence-corrected chi connectivity index (χ1v) is 4.68. The van der Waals surface area contributed by atoms with Crippen LogP contribution in [0.3, 0.4) is 0 Å². The second kappa shape index (κ2) is 3.88. The molecule has 0 unspecified atom stereocenters. The highest BCUT2D eigenvalue weighted by Gasteiger charge is 2.08. The van der Waals surface area contributed by atoms with E-state index in [0.717, 1.165) is 16.4 Å².